The van der Waals surface area contributed by atoms with Crippen LogP contribution in [0.1, 0.15) is 19.4 Å². The van der Waals surface area contributed by atoms with Crippen molar-refractivity contribution < 1.29 is 4.74 Å². The van der Waals surface area contributed by atoms with E-state index in [9.17, 15) is 0 Å². The maximum absolute atomic E-state index is 6.09. The van der Waals surface area contributed by atoms with Gasteiger partial charge in [0, 0.05) is 12.1 Å². The van der Waals surface area contributed by atoms with Gasteiger partial charge in [-0.25, -0.2) is 4.42 Å². The Labute approximate surface area is 89.5 Å². The second kappa shape index (κ2) is 3.44. The third-order valence-corrected chi connectivity index (χ3v) is 2.49. The van der Waals surface area contributed by atoms with Gasteiger partial charge in [0.1, 0.15) is 11.4 Å². The third-order valence-electron chi connectivity index (χ3n) is 2.25. The van der Waals surface area contributed by atoms with E-state index in [-0.39, 0.29) is 5.60 Å². The quantitative estimate of drug-likeness (QED) is 0.612. The predicted octanol–water partition coefficient (Wildman–Crippen LogP) is 2.81. The van der Waals surface area contributed by atoms with Crippen LogP contribution in [0.2, 0.25) is 0 Å². The highest BCUT2D eigenvalue weighted by atomic mass is 35.5. The summed E-state index contributed by atoms with van der Waals surface area (Å²) in [6.45, 7) is 5.55. The first-order valence-electron chi connectivity index (χ1n) is 4.74. The summed E-state index contributed by atoms with van der Waals surface area (Å²) in [7, 11) is 0. The zero-order chi connectivity index (χ0) is 10.2. The number of fused-ring (bicyclic) bond motifs is 1. The minimum Gasteiger partial charge on any atom is -0.486 e. The first kappa shape index (κ1) is 9.81. The van der Waals surface area contributed by atoms with Crippen LogP contribution in [0.25, 0.3) is 0 Å². The lowest BCUT2D eigenvalue weighted by Crippen LogP contribution is -2.36. The molecule has 1 aliphatic rings. The van der Waals surface area contributed by atoms with Crippen LogP contribution in [0.5, 0.6) is 5.75 Å². The third kappa shape index (κ3) is 2.02. The van der Waals surface area contributed by atoms with Gasteiger partial charge in [-0.1, -0.05) is 18.2 Å². The zero-order valence-electron chi connectivity index (χ0n) is 8.46. The summed E-state index contributed by atoms with van der Waals surface area (Å²) in [4.78, 5) is 0. The van der Waals surface area contributed by atoms with Crippen LogP contribution in [0.15, 0.2) is 24.3 Å². The molecule has 0 atom stereocenters. The Kier molecular flexibility index (Phi) is 2.41. The molecule has 2 nitrogen and oxygen atoms in total. The number of halogens is 1. The smallest absolute Gasteiger partial charge is 0.124 e. The Morgan fingerprint density at radius 3 is 2.86 bits per heavy atom. The van der Waals surface area contributed by atoms with E-state index in [0.717, 1.165) is 24.4 Å². The molecule has 3 heteroatoms. The fourth-order valence-electron chi connectivity index (χ4n) is 1.72. The second-order valence-corrected chi connectivity index (χ2v) is 4.73. The van der Waals surface area contributed by atoms with Crippen LogP contribution in [0.3, 0.4) is 0 Å². The largest absolute Gasteiger partial charge is 0.486 e. The minimum absolute atomic E-state index is 0.228. The number of rotatable bonds is 0. The summed E-state index contributed by atoms with van der Waals surface area (Å²) in [5, 5.41) is 0. The van der Waals surface area contributed by atoms with Crippen molar-refractivity contribution in [2.45, 2.75) is 26.0 Å². The molecule has 0 fully saturated rings. The van der Waals surface area contributed by atoms with Crippen molar-refractivity contribution in [3.63, 3.8) is 0 Å². The monoisotopic (exact) mass is 211 g/mol. The molecule has 1 aromatic rings. The Balaban J connectivity index is 2.37. The number of hydrogen-bond donors (Lipinski definition) is 0. The minimum atomic E-state index is -0.228. The van der Waals surface area contributed by atoms with Gasteiger partial charge in [0.05, 0.1) is 6.54 Å². The first-order chi connectivity index (χ1) is 6.57. The fraction of sp³-hybridized carbons (Fsp3) is 0.455. The molecule has 1 aliphatic heterocycles. The van der Waals surface area contributed by atoms with Crippen molar-refractivity contribution in [3.05, 3.63) is 29.8 Å². The highest BCUT2D eigenvalue weighted by molar-refractivity contribution is 6.13. The zero-order valence-corrected chi connectivity index (χ0v) is 9.21. The molecule has 0 amide bonds. The van der Waals surface area contributed by atoms with E-state index in [0.29, 0.717) is 0 Å². The SMILES string of the molecule is CC1(C)CN(Cl)Cc2ccccc2O1. The summed E-state index contributed by atoms with van der Waals surface area (Å²) in [5.41, 5.74) is 0.919. The van der Waals surface area contributed by atoms with Gasteiger partial charge in [0.2, 0.25) is 0 Å². The van der Waals surface area contributed by atoms with Crippen molar-refractivity contribution >= 4 is 11.8 Å². The molecular weight excluding hydrogens is 198 g/mol. The summed E-state index contributed by atoms with van der Waals surface area (Å²) in [5.74, 6) is 0.945. The van der Waals surface area contributed by atoms with Crippen molar-refractivity contribution in [2.75, 3.05) is 6.54 Å². The van der Waals surface area contributed by atoms with Crippen molar-refractivity contribution in [2.24, 2.45) is 0 Å². The molecule has 0 aromatic heterocycles. The average molecular weight is 212 g/mol. The summed E-state index contributed by atoms with van der Waals surface area (Å²) in [6, 6.07) is 8.03. The van der Waals surface area contributed by atoms with E-state index in [1.165, 1.54) is 0 Å². The Hall–Kier alpha value is -0.730. The molecule has 0 spiro atoms. The van der Waals surface area contributed by atoms with E-state index in [1.54, 1.807) is 4.42 Å². The summed E-state index contributed by atoms with van der Waals surface area (Å²) >= 11 is 6.09. The van der Waals surface area contributed by atoms with Gasteiger partial charge in [0.15, 0.2) is 0 Å². The van der Waals surface area contributed by atoms with Gasteiger partial charge >= 0.3 is 0 Å². The van der Waals surface area contributed by atoms with Gasteiger partial charge in [-0.2, -0.15) is 0 Å². The molecule has 0 bridgehead atoms. The Morgan fingerprint density at radius 2 is 2.07 bits per heavy atom. The van der Waals surface area contributed by atoms with Crippen molar-refractivity contribution in [1.82, 2.24) is 4.42 Å². The van der Waals surface area contributed by atoms with E-state index in [1.807, 2.05) is 38.1 Å². The number of benzene rings is 1. The lowest BCUT2D eigenvalue weighted by Gasteiger charge is -2.26. The molecule has 0 unspecified atom stereocenters. The normalized spacial score (nSPS) is 20.8. The standard InChI is InChI=1S/C11H14ClNO/c1-11(2)8-13(12)7-9-5-3-4-6-10(9)14-11/h3-6H,7-8H2,1-2H3. The average Bonchev–Trinajstić information content (AvgIpc) is 2.16. The van der Waals surface area contributed by atoms with Crippen molar-refractivity contribution in [1.29, 1.82) is 0 Å². The maximum Gasteiger partial charge on any atom is 0.124 e. The Bertz CT molecular complexity index is 338. The highest BCUT2D eigenvalue weighted by Gasteiger charge is 2.27. The van der Waals surface area contributed by atoms with Gasteiger partial charge in [-0.15, -0.1) is 0 Å². The van der Waals surface area contributed by atoms with Crippen LogP contribution in [-0.2, 0) is 6.54 Å². The van der Waals surface area contributed by atoms with Crippen LogP contribution in [0.4, 0.5) is 0 Å². The van der Waals surface area contributed by atoms with Gasteiger partial charge < -0.3 is 4.74 Å². The summed E-state index contributed by atoms with van der Waals surface area (Å²) in [6.07, 6.45) is 0. The van der Waals surface area contributed by atoms with E-state index in [4.69, 9.17) is 16.5 Å². The van der Waals surface area contributed by atoms with E-state index in [2.05, 4.69) is 0 Å². The molecule has 1 heterocycles. The molecule has 76 valence electrons. The molecule has 0 saturated carbocycles. The van der Waals surface area contributed by atoms with Crippen LogP contribution in [-0.4, -0.2) is 16.6 Å². The predicted molar refractivity (Wildman–Crippen MR) is 57.4 cm³/mol. The number of hydrogen-bond acceptors (Lipinski definition) is 2. The number of nitrogens with zero attached hydrogens (tertiary/aromatic N) is 1. The lowest BCUT2D eigenvalue weighted by atomic mass is 10.1. The van der Waals surface area contributed by atoms with Gasteiger partial charge in [0.25, 0.3) is 0 Å². The molecule has 0 saturated heterocycles. The van der Waals surface area contributed by atoms with Gasteiger partial charge in [-0.05, 0) is 31.7 Å². The van der Waals surface area contributed by atoms with Crippen molar-refractivity contribution in [3.8, 4) is 5.75 Å². The maximum atomic E-state index is 6.09. The second-order valence-electron chi connectivity index (χ2n) is 4.25. The molecule has 0 radical (unpaired) electrons. The molecule has 14 heavy (non-hydrogen) atoms. The Morgan fingerprint density at radius 1 is 1.36 bits per heavy atom. The molecule has 0 aliphatic carbocycles. The fourth-order valence-corrected chi connectivity index (χ4v) is 2.13. The van der Waals surface area contributed by atoms with Crippen LogP contribution >= 0.6 is 11.8 Å². The molecule has 2 rings (SSSR count). The van der Waals surface area contributed by atoms with Crippen LogP contribution in [0, 0.1) is 0 Å². The van der Waals surface area contributed by atoms with E-state index >= 15 is 0 Å². The first-order valence-corrected chi connectivity index (χ1v) is 5.08. The number of ether oxygens (including phenoxy) is 1. The highest BCUT2D eigenvalue weighted by Crippen LogP contribution is 2.29. The topological polar surface area (TPSA) is 12.5 Å². The molecular formula is C11H14ClNO. The van der Waals surface area contributed by atoms with E-state index < -0.39 is 0 Å². The van der Waals surface area contributed by atoms with Gasteiger partial charge in [-0.3, -0.25) is 0 Å². The number of para-hydroxylation sites is 1. The summed E-state index contributed by atoms with van der Waals surface area (Å²) < 4.78 is 7.66. The molecule has 1 aromatic carbocycles. The van der Waals surface area contributed by atoms with Crippen LogP contribution < -0.4 is 4.74 Å². The molecule has 0 N–H and O–H groups in total. The lowest BCUT2D eigenvalue weighted by molar-refractivity contribution is 0.0965.